The Labute approximate surface area is 145 Å². The Bertz CT molecular complexity index is 529. The standard InChI is InChI=1S/C19H30N4O/c1-15-5-9-22(10-6-15)14-16-7-11-23(12-8-16)17-3-4-18(21-13-17)19(24)20-2/h3-4,13,15-16H,5-12,14H2,1-2H3,(H,20,24). The largest absolute Gasteiger partial charge is 0.370 e. The molecule has 3 rings (SSSR count). The molecule has 0 radical (unpaired) electrons. The molecule has 5 heteroatoms. The molecule has 1 aromatic rings. The molecule has 24 heavy (non-hydrogen) atoms. The lowest BCUT2D eigenvalue weighted by Gasteiger charge is -2.37. The van der Waals surface area contributed by atoms with Crippen molar-refractivity contribution in [1.82, 2.24) is 15.2 Å². The van der Waals surface area contributed by atoms with Gasteiger partial charge in [0.2, 0.25) is 0 Å². The van der Waals surface area contributed by atoms with E-state index in [9.17, 15) is 4.79 Å². The fraction of sp³-hybridized carbons (Fsp3) is 0.684. The average Bonchev–Trinajstić information content (AvgIpc) is 2.64. The molecule has 2 saturated heterocycles. The van der Waals surface area contributed by atoms with Crippen molar-refractivity contribution in [3.8, 4) is 0 Å². The summed E-state index contributed by atoms with van der Waals surface area (Å²) in [6.07, 6.45) is 7.06. The van der Waals surface area contributed by atoms with Crippen molar-refractivity contribution < 1.29 is 4.79 Å². The molecule has 0 bridgehead atoms. The van der Waals surface area contributed by atoms with Crippen molar-refractivity contribution in [2.75, 3.05) is 44.7 Å². The van der Waals surface area contributed by atoms with Gasteiger partial charge >= 0.3 is 0 Å². The van der Waals surface area contributed by atoms with Crippen molar-refractivity contribution in [2.45, 2.75) is 32.6 Å². The summed E-state index contributed by atoms with van der Waals surface area (Å²) in [5.74, 6) is 1.61. The number of nitrogens with one attached hydrogen (secondary N) is 1. The lowest BCUT2D eigenvalue weighted by molar-refractivity contribution is 0.0958. The predicted molar refractivity (Wildman–Crippen MR) is 97.4 cm³/mol. The molecule has 0 aliphatic carbocycles. The van der Waals surface area contributed by atoms with Gasteiger partial charge in [0.1, 0.15) is 5.69 Å². The summed E-state index contributed by atoms with van der Waals surface area (Å²) >= 11 is 0. The molecule has 132 valence electrons. The number of nitrogens with zero attached hydrogens (tertiary/aromatic N) is 3. The third-order valence-corrected chi connectivity index (χ3v) is 5.58. The van der Waals surface area contributed by atoms with Crippen LogP contribution in [0.15, 0.2) is 18.3 Å². The maximum atomic E-state index is 11.6. The van der Waals surface area contributed by atoms with Crippen LogP contribution in [-0.2, 0) is 0 Å². The first-order chi connectivity index (χ1) is 11.7. The monoisotopic (exact) mass is 330 g/mol. The van der Waals surface area contributed by atoms with Crippen LogP contribution in [-0.4, -0.2) is 55.6 Å². The Morgan fingerprint density at radius 3 is 2.46 bits per heavy atom. The molecular weight excluding hydrogens is 300 g/mol. The summed E-state index contributed by atoms with van der Waals surface area (Å²) < 4.78 is 0. The molecule has 0 unspecified atom stereocenters. The third-order valence-electron chi connectivity index (χ3n) is 5.58. The highest BCUT2D eigenvalue weighted by Crippen LogP contribution is 2.25. The molecule has 5 nitrogen and oxygen atoms in total. The number of pyridine rings is 1. The first kappa shape index (κ1) is 17.2. The number of amides is 1. The van der Waals surface area contributed by atoms with Crippen molar-refractivity contribution >= 4 is 11.6 Å². The summed E-state index contributed by atoms with van der Waals surface area (Å²) in [5, 5.41) is 2.61. The van der Waals surface area contributed by atoms with Crippen LogP contribution >= 0.6 is 0 Å². The second-order valence-corrected chi connectivity index (χ2v) is 7.39. The number of anilines is 1. The maximum Gasteiger partial charge on any atom is 0.269 e. The topological polar surface area (TPSA) is 48.5 Å². The van der Waals surface area contributed by atoms with Gasteiger partial charge in [0.05, 0.1) is 11.9 Å². The highest BCUT2D eigenvalue weighted by atomic mass is 16.1. The summed E-state index contributed by atoms with van der Waals surface area (Å²) in [6.45, 7) is 8.40. The summed E-state index contributed by atoms with van der Waals surface area (Å²) in [4.78, 5) is 20.9. The summed E-state index contributed by atoms with van der Waals surface area (Å²) in [5.41, 5.74) is 1.61. The Hall–Kier alpha value is -1.62. The molecule has 0 atom stereocenters. The fourth-order valence-electron chi connectivity index (χ4n) is 3.82. The minimum Gasteiger partial charge on any atom is -0.370 e. The SMILES string of the molecule is CNC(=O)c1ccc(N2CCC(CN3CCC(C)CC3)CC2)cn1. The minimum absolute atomic E-state index is 0.129. The quantitative estimate of drug-likeness (QED) is 0.921. The molecule has 3 heterocycles. The Morgan fingerprint density at radius 2 is 1.88 bits per heavy atom. The average molecular weight is 330 g/mol. The van der Waals surface area contributed by atoms with Crippen LogP contribution in [0.25, 0.3) is 0 Å². The van der Waals surface area contributed by atoms with Gasteiger partial charge in [0.25, 0.3) is 5.91 Å². The van der Waals surface area contributed by atoms with E-state index < -0.39 is 0 Å². The first-order valence-corrected chi connectivity index (χ1v) is 9.31. The molecular formula is C19H30N4O. The lowest BCUT2D eigenvalue weighted by atomic mass is 9.93. The molecule has 2 aliphatic heterocycles. The first-order valence-electron chi connectivity index (χ1n) is 9.31. The van der Waals surface area contributed by atoms with Gasteiger partial charge in [-0.15, -0.1) is 0 Å². The van der Waals surface area contributed by atoms with Crippen LogP contribution in [0.1, 0.15) is 43.1 Å². The molecule has 0 saturated carbocycles. The van der Waals surface area contributed by atoms with E-state index in [1.54, 1.807) is 7.05 Å². The van der Waals surface area contributed by atoms with Crippen molar-refractivity contribution in [2.24, 2.45) is 11.8 Å². The second kappa shape index (κ2) is 7.97. The Morgan fingerprint density at radius 1 is 1.17 bits per heavy atom. The van der Waals surface area contributed by atoms with E-state index in [4.69, 9.17) is 0 Å². The highest BCUT2D eigenvalue weighted by molar-refractivity contribution is 5.92. The van der Waals surface area contributed by atoms with E-state index in [0.717, 1.165) is 30.6 Å². The van der Waals surface area contributed by atoms with E-state index in [0.29, 0.717) is 5.69 Å². The second-order valence-electron chi connectivity index (χ2n) is 7.39. The van der Waals surface area contributed by atoms with E-state index >= 15 is 0 Å². The normalized spacial score (nSPS) is 21.0. The van der Waals surface area contributed by atoms with Gasteiger partial charge in [-0.1, -0.05) is 6.92 Å². The van der Waals surface area contributed by atoms with Crippen LogP contribution in [0.2, 0.25) is 0 Å². The molecule has 1 N–H and O–H groups in total. The Kier molecular flexibility index (Phi) is 5.72. The molecule has 2 aliphatic rings. The molecule has 0 aromatic carbocycles. The lowest BCUT2D eigenvalue weighted by Crippen LogP contribution is -2.41. The predicted octanol–water partition coefficient (Wildman–Crippen LogP) is 2.39. The number of aromatic nitrogens is 1. The summed E-state index contributed by atoms with van der Waals surface area (Å²) in [7, 11) is 1.63. The number of hydrogen-bond acceptors (Lipinski definition) is 4. The maximum absolute atomic E-state index is 11.6. The zero-order valence-electron chi connectivity index (χ0n) is 15.0. The number of carbonyl (C=O) groups is 1. The number of piperidine rings is 2. The van der Waals surface area contributed by atoms with E-state index in [1.807, 2.05) is 18.3 Å². The van der Waals surface area contributed by atoms with Gasteiger partial charge in [-0.25, -0.2) is 4.98 Å². The third kappa shape index (κ3) is 4.26. The zero-order valence-corrected chi connectivity index (χ0v) is 15.0. The molecule has 1 aromatic heterocycles. The van der Waals surface area contributed by atoms with Gasteiger partial charge in [0.15, 0.2) is 0 Å². The van der Waals surface area contributed by atoms with Gasteiger partial charge in [-0.2, -0.15) is 0 Å². The van der Waals surface area contributed by atoms with E-state index in [1.165, 1.54) is 45.3 Å². The Balaban J connectivity index is 1.47. The number of carbonyl (C=O) groups excluding carboxylic acids is 1. The van der Waals surface area contributed by atoms with E-state index in [2.05, 4.69) is 27.0 Å². The molecule has 2 fully saturated rings. The van der Waals surface area contributed by atoms with Crippen LogP contribution < -0.4 is 10.2 Å². The molecule has 1 amide bonds. The number of likely N-dealkylation sites (tertiary alicyclic amines) is 1. The van der Waals surface area contributed by atoms with Gasteiger partial charge in [-0.05, 0) is 62.7 Å². The van der Waals surface area contributed by atoms with Crippen molar-refractivity contribution in [3.63, 3.8) is 0 Å². The van der Waals surface area contributed by atoms with Gasteiger partial charge < -0.3 is 15.1 Å². The van der Waals surface area contributed by atoms with Gasteiger partial charge in [-0.3, -0.25) is 4.79 Å². The van der Waals surface area contributed by atoms with Crippen LogP contribution in [0.4, 0.5) is 5.69 Å². The van der Waals surface area contributed by atoms with E-state index in [-0.39, 0.29) is 5.91 Å². The van der Waals surface area contributed by atoms with Crippen molar-refractivity contribution in [1.29, 1.82) is 0 Å². The zero-order chi connectivity index (χ0) is 16.9. The van der Waals surface area contributed by atoms with Crippen molar-refractivity contribution in [3.05, 3.63) is 24.0 Å². The van der Waals surface area contributed by atoms with Crippen LogP contribution in [0, 0.1) is 11.8 Å². The number of rotatable bonds is 4. The fourth-order valence-corrected chi connectivity index (χ4v) is 3.82. The molecule has 0 spiro atoms. The smallest absolute Gasteiger partial charge is 0.269 e. The van der Waals surface area contributed by atoms with Crippen LogP contribution in [0.5, 0.6) is 0 Å². The highest BCUT2D eigenvalue weighted by Gasteiger charge is 2.24. The van der Waals surface area contributed by atoms with Gasteiger partial charge in [0, 0.05) is 26.7 Å². The minimum atomic E-state index is -0.129. The summed E-state index contributed by atoms with van der Waals surface area (Å²) in [6, 6.07) is 3.83. The number of hydrogen-bond donors (Lipinski definition) is 1. The van der Waals surface area contributed by atoms with Crippen LogP contribution in [0.3, 0.4) is 0 Å².